The van der Waals surface area contributed by atoms with Gasteiger partial charge in [0.1, 0.15) is 18.2 Å². The standard InChI is InChI=1S/C46H33N5Si/c1-52(2,3)37-22-20-36(21-23-37)50(40-13-7-4-10-33(40)28-47)43-26-18-31-17-25-39-44(27-19-32-16-24-38(43)45(31)46(32)39)51(41-14-8-5-11-34(41)29-48)42-15-9-6-12-35(42)30-49/h4-27H,1-3H3. The van der Waals surface area contributed by atoms with E-state index in [2.05, 4.69) is 116 Å². The van der Waals surface area contributed by atoms with Crippen LogP contribution < -0.4 is 15.0 Å². The van der Waals surface area contributed by atoms with E-state index in [0.717, 1.165) is 55.1 Å². The van der Waals surface area contributed by atoms with Crippen molar-refractivity contribution in [1.29, 1.82) is 15.8 Å². The fraction of sp³-hybridized carbons (Fsp3) is 0.0652. The molecule has 0 unspecified atom stereocenters. The van der Waals surface area contributed by atoms with Gasteiger partial charge in [0.05, 0.1) is 53.2 Å². The summed E-state index contributed by atoms with van der Waals surface area (Å²) >= 11 is 0. The van der Waals surface area contributed by atoms with E-state index in [0.29, 0.717) is 28.1 Å². The average Bonchev–Trinajstić information content (AvgIpc) is 3.18. The van der Waals surface area contributed by atoms with Gasteiger partial charge in [-0.3, -0.25) is 0 Å². The zero-order valence-electron chi connectivity index (χ0n) is 29.1. The molecule has 8 aromatic rings. The van der Waals surface area contributed by atoms with Crippen LogP contribution in [0.15, 0.2) is 146 Å². The molecule has 8 aromatic carbocycles. The highest BCUT2D eigenvalue weighted by Gasteiger charge is 2.25. The van der Waals surface area contributed by atoms with E-state index < -0.39 is 8.07 Å². The van der Waals surface area contributed by atoms with Crippen LogP contribution in [-0.4, -0.2) is 8.07 Å². The van der Waals surface area contributed by atoms with Crippen molar-refractivity contribution in [3.05, 3.63) is 162 Å². The molecule has 0 aliphatic rings. The van der Waals surface area contributed by atoms with Crippen LogP contribution in [-0.2, 0) is 0 Å². The molecule has 0 amide bonds. The lowest BCUT2D eigenvalue weighted by atomic mass is 9.91. The van der Waals surface area contributed by atoms with Crippen molar-refractivity contribution in [2.24, 2.45) is 0 Å². The predicted molar refractivity (Wildman–Crippen MR) is 217 cm³/mol. The summed E-state index contributed by atoms with van der Waals surface area (Å²) < 4.78 is 0. The summed E-state index contributed by atoms with van der Waals surface area (Å²) in [6.07, 6.45) is 0. The molecule has 0 atom stereocenters. The molecule has 0 fully saturated rings. The first kappa shape index (κ1) is 32.3. The van der Waals surface area contributed by atoms with E-state index >= 15 is 0 Å². The zero-order chi connectivity index (χ0) is 36.0. The summed E-state index contributed by atoms with van der Waals surface area (Å²) in [6.45, 7) is 7.04. The first-order chi connectivity index (χ1) is 25.3. The fourth-order valence-corrected chi connectivity index (χ4v) is 8.52. The van der Waals surface area contributed by atoms with Gasteiger partial charge in [0.15, 0.2) is 0 Å². The second-order valence-electron chi connectivity index (χ2n) is 13.9. The molecule has 8 rings (SSSR count). The van der Waals surface area contributed by atoms with Crippen LogP contribution in [0.2, 0.25) is 19.6 Å². The molecule has 0 aliphatic heterocycles. The van der Waals surface area contributed by atoms with E-state index in [1.54, 1.807) is 0 Å². The molecule has 6 heteroatoms. The minimum Gasteiger partial charge on any atom is -0.309 e. The maximum atomic E-state index is 10.3. The summed E-state index contributed by atoms with van der Waals surface area (Å²) in [6, 6.07) is 56.0. The third kappa shape index (κ3) is 5.29. The number of anilines is 6. The van der Waals surface area contributed by atoms with Gasteiger partial charge >= 0.3 is 0 Å². The topological polar surface area (TPSA) is 77.8 Å². The van der Waals surface area contributed by atoms with Crippen LogP contribution in [0.1, 0.15) is 16.7 Å². The van der Waals surface area contributed by atoms with Crippen molar-refractivity contribution in [1.82, 2.24) is 0 Å². The molecule has 0 aromatic heterocycles. The molecule has 0 spiro atoms. The van der Waals surface area contributed by atoms with Gasteiger partial charge in [0.2, 0.25) is 0 Å². The molecule has 0 aliphatic carbocycles. The van der Waals surface area contributed by atoms with Gasteiger partial charge in [-0.25, -0.2) is 0 Å². The van der Waals surface area contributed by atoms with Crippen molar-refractivity contribution in [2.45, 2.75) is 19.6 Å². The summed E-state index contributed by atoms with van der Waals surface area (Å²) in [5.41, 5.74) is 6.64. The van der Waals surface area contributed by atoms with Gasteiger partial charge in [-0.2, -0.15) is 15.8 Å². The van der Waals surface area contributed by atoms with Gasteiger partial charge in [0, 0.05) is 16.5 Å². The van der Waals surface area contributed by atoms with Gasteiger partial charge in [-0.1, -0.05) is 110 Å². The van der Waals surface area contributed by atoms with E-state index in [1.165, 1.54) is 5.19 Å². The lowest BCUT2D eigenvalue weighted by Crippen LogP contribution is -2.37. The van der Waals surface area contributed by atoms with Crippen LogP contribution in [0.25, 0.3) is 32.3 Å². The Morgan fingerprint density at radius 3 is 1.21 bits per heavy atom. The fourth-order valence-electron chi connectivity index (χ4n) is 7.36. The van der Waals surface area contributed by atoms with E-state index in [-0.39, 0.29) is 0 Å². The summed E-state index contributed by atoms with van der Waals surface area (Å²) in [4.78, 5) is 4.25. The molecule has 0 saturated heterocycles. The number of benzene rings is 8. The van der Waals surface area contributed by atoms with Crippen LogP contribution in [0, 0.1) is 34.0 Å². The quantitative estimate of drug-likeness (QED) is 0.123. The molecule has 0 bridgehead atoms. The number of hydrogen-bond donors (Lipinski definition) is 0. The third-order valence-electron chi connectivity index (χ3n) is 9.89. The predicted octanol–water partition coefficient (Wildman–Crippen LogP) is 11.7. The maximum absolute atomic E-state index is 10.3. The van der Waals surface area contributed by atoms with E-state index in [4.69, 9.17) is 0 Å². The molecule has 0 saturated carbocycles. The van der Waals surface area contributed by atoms with Crippen molar-refractivity contribution in [3.63, 3.8) is 0 Å². The monoisotopic (exact) mass is 683 g/mol. The Morgan fingerprint density at radius 2 is 0.788 bits per heavy atom. The Balaban J connectivity index is 1.43. The normalized spacial score (nSPS) is 11.3. The van der Waals surface area contributed by atoms with Crippen LogP contribution in [0.5, 0.6) is 0 Å². The first-order valence-corrected chi connectivity index (χ1v) is 20.7. The summed E-state index contributed by atoms with van der Waals surface area (Å²) in [5.74, 6) is 0. The van der Waals surface area contributed by atoms with Crippen molar-refractivity contribution in [3.8, 4) is 18.2 Å². The molecule has 0 radical (unpaired) electrons. The Labute approximate surface area is 304 Å². The molecule has 246 valence electrons. The number of hydrogen-bond acceptors (Lipinski definition) is 5. The Morgan fingerprint density at radius 1 is 0.404 bits per heavy atom. The molecule has 5 nitrogen and oxygen atoms in total. The molecular weight excluding hydrogens is 651 g/mol. The van der Waals surface area contributed by atoms with Gasteiger partial charge in [0.25, 0.3) is 0 Å². The van der Waals surface area contributed by atoms with Crippen molar-refractivity contribution < 1.29 is 0 Å². The van der Waals surface area contributed by atoms with Gasteiger partial charge in [-0.05, 0) is 82.2 Å². The SMILES string of the molecule is C[Si](C)(C)c1ccc(N(c2ccccc2C#N)c2ccc3ccc4c(N(c5ccccc5C#N)c5ccccc5C#N)ccc5ccc2c3c54)cc1. The van der Waals surface area contributed by atoms with Crippen LogP contribution >= 0.6 is 0 Å². The first-order valence-electron chi connectivity index (χ1n) is 17.2. The summed E-state index contributed by atoms with van der Waals surface area (Å²) in [7, 11) is -1.54. The number of para-hydroxylation sites is 3. The second-order valence-corrected chi connectivity index (χ2v) is 19.0. The Hall–Kier alpha value is -6.91. The zero-order valence-corrected chi connectivity index (χ0v) is 30.1. The van der Waals surface area contributed by atoms with Gasteiger partial charge in [-0.15, -0.1) is 0 Å². The van der Waals surface area contributed by atoms with E-state index in [1.807, 2.05) is 77.7 Å². The molecule has 0 N–H and O–H groups in total. The van der Waals surface area contributed by atoms with Crippen LogP contribution in [0.3, 0.4) is 0 Å². The highest BCUT2D eigenvalue weighted by molar-refractivity contribution is 6.88. The van der Waals surface area contributed by atoms with Gasteiger partial charge < -0.3 is 9.80 Å². The minimum absolute atomic E-state index is 0.509. The van der Waals surface area contributed by atoms with Crippen LogP contribution in [0.4, 0.5) is 34.1 Å². The second kappa shape index (κ2) is 12.8. The van der Waals surface area contributed by atoms with Crippen molar-refractivity contribution >= 4 is 79.7 Å². The molecular formula is C46H33N5Si. The maximum Gasteiger partial charge on any atom is 0.101 e. The summed E-state index contributed by atoms with van der Waals surface area (Å²) in [5, 5.41) is 38.5. The molecule has 52 heavy (non-hydrogen) atoms. The highest BCUT2D eigenvalue weighted by Crippen LogP contribution is 2.48. The van der Waals surface area contributed by atoms with E-state index in [9.17, 15) is 15.8 Å². The Bertz CT molecular complexity index is 2720. The average molecular weight is 684 g/mol. The minimum atomic E-state index is -1.54. The number of rotatable bonds is 7. The lowest BCUT2D eigenvalue weighted by Gasteiger charge is -2.30. The number of nitrogens with zero attached hydrogens (tertiary/aromatic N) is 5. The number of nitriles is 3. The molecule has 0 heterocycles. The smallest absolute Gasteiger partial charge is 0.101 e. The third-order valence-corrected chi connectivity index (χ3v) is 12.0. The van der Waals surface area contributed by atoms with Crippen molar-refractivity contribution in [2.75, 3.05) is 9.80 Å². The largest absolute Gasteiger partial charge is 0.309 e. The lowest BCUT2D eigenvalue weighted by molar-refractivity contribution is 1.27. The highest BCUT2D eigenvalue weighted by atomic mass is 28.3. The Kier molecular flexibility index (Phi) is 7.93.